The lowest BCUT2D eigenvalue weighted by Gasteiger charge is -2.04. The molecule has 1 aromatic carbocycles. The van der Waals surface area contributed by atoms with E-state index < -0.39 is 5.91 Å². The number of hydrogen-bond acceptors (Lipinski definition) is 3. The molecule has 1 saturated carbocycles. The first-order valence-corrected chi connectivity index (χ1v) is 7.56. The number of carbonyl (C=O) groups excluding carboxylic acids is 2. The van der Waals surface area contributed by atoms with Crippen LogP contribution in [-0.4, -0.2) is 11.8 Å². The van der Waals surface area contributed by atoms with Crippen molar-refractivity contribution in [1.29, 1.82) is 0 Å². The molecule has 1 aliphatic rings. The fourth-order valence-electron chi connectivity index (χ4n) is 2.36. The van der Waals surface area contributed by atoms with Crippen LogP contribution in [0.3, 0.4) is 0 Å². The van der Waals surface area contributed by atoms with Gasteiger partial charge in [-0.1, -0.05) is 25.1 Å². The van der Waals surface area contributed by atoms with E-state index >= 15 is 0 Å². The van der Waals surface area contributed by atoms with Crippen LogP contribution in [0, 0.1) is 5.92 Å². The van der Waals surface area contributed by atoms with Crippen molar-refractivity contribution in [2.75, 3.05) is 0 Å². The fourth-order valence-corrected chi connectivity index (χ4v) is 2.36. The lowest BCUT2D eigenvalue weighted by atomic mass is 10.2. The zero-order valence-corrected chi connectivity index (χ0v) is 12.8. The van der Waals surface area contributed by atoms with Crippen LogP contribution in [0.25, 0.3) is 6.08 Å². The van der Waals surface area contributed by atoms with Gasteiger partial charge in [-0.15, -0.1) is 0 Å². The summed E-state index contributed by atoms with van der Waals surface area (Å²) < 4.78 is 5.67. The zero-order valence-electron chi connectivity index (χ0n) is 12.8. The number of carbonyl (C=O) groups is 2. The Morgan fingerprint density at radius 2 is 1.87 bits per heavy atom. The number of furan rings is 1. The molecule has 2 N–H and O–H groups in total. The molecule has 5 heteroatoms. The van der Waals surface area contributed by atoms with Crippen molar-refractivity contribution in [3.8, 4) is 0 Å². The van der Waals surface area contributed by atoms with Crippen molar-refractivity contribution in [3.05, 3.63) is 65.6 Å². The van der Waals surface area contributed by atoms with Gasteiger partial charge < -0.3 is 4.42 Å². The third kappa shape index (κ3) is 3.88. The summed E-state index contributed by atoms with van der Waals surface area (Å²) in [7, 11) is 0. The Kier molecular flexibility index (Phi) is 4.28. The molecule has 5 nitrogen and oxygen atoms in total. The first-order chi connectivity index (χ1) is 11.1. The molecule has 3 rings (SSSR count). The van der Waals surface area contributed by atoms with Crippen LogP contribution in [0.2, 0.25) is 0 Å². The highest BCUT2D eigenvalue weighted by Gasteiger charge is 2.36. The van der Waals surface area contributed by atoms with Crippen molar-refractivity contribution in [3.63, 3.8) is 0 Å². The molecule has 23 heavy (non-hydrogen) atoms. The van der Waals surface area contributed by atoms with Crippen LogP contribution in [0.15, 0.2) is 53.0 Å². The van der Waals surface area contributed by atoms with Crippen LogP contribution in [0.4, 0.5) is 0 Å². The largest absolute Gasteiger partial charge is 0.461 e. The molecular formula is C18H18N2O3. The summed E-state index contributed by atoms with van der Waals surface area (Å²) in [5.41, 5.74) is 5.16. The molecule has 1 fully saturated rings. The van der Waals surface area contributed by atoms with Crippen molar-refractivity contribution < 1.29 is 14.0 Å². The molecule has 1 heterocycles. The Hall–Kier alpha value is -2.82. The van der Waals surface area contributed by atoms with Crippen LogP contribution in [0.5, 0.6) is 0 Å². The molecular weight excluding hydrogens is 292 g/mol. The van der Waals surface area contributed by atoms with Gasteiger partial charge in [-0.25, -0.2) is 0 Å². The maximum Gasteiger partial charge on any atom is 0.269 e. The lowest BCUT2D eigenvalue weighted by molar-refractivity contribution is -0.117. The molecule has 2 aromatic rings. The second-order valence-corrected chi connectivity index (χ2v) is 5.70. The summed E-state index contributed by atoms with van der Waals surface area (Å²) in [5.74, 6) is 1.99. The summed E-state index contributed by atoms with van der Waals surface area (Å²) in [5, 5.41) is 0. The predicted octanol–water partition coefficient (Wildman–Crippen LogP) is 2.88. The lowest BCUT2D eigenvalue weighted by Crippen LogP contribution is -2.40. The van der Waals surface area contributed by atoms with Crippen molar-refractivity contribution >= 4 is 17.9 Å². The third-order valence-corrected chi connectivity index (χ3v) is 3.86. The third-order valence-electron chi connectivity index (χ3n) is 3.86. The maximum absolute atomic E-state index is 11.8. The summed E-state index contributed by atoms with van der Waals surface area (Å²) >= 11 is 0. The number of hydrogen-bond donors (Lipinski definition) is 2. The van der Waals surface area contributed by atoms with Gasteiger partial charge >= 0.3 is 0 Å². The molecule has 118 valence electrons. The number of amides is 2. The molecule has 2 unspecified atom stereocenters. The van der Waals surface area contributed by atoms with Gasteiger partial charge in [0.2, 0.25) is 0 Å². The minimum Gasteiger partial charge on any atom is -0.461 e. The average molecular weight is 310 g/mol. The van der Waals surface area contributed by atoms with Crippen LogP contribution in [0.1, 0.15) is 41.1 Å². The average Bonchev–Trinajstić information content (AvgIpc) is 3.12. The van der Waals surface area contributed by atoms with Gasteiger partial charge in [0.1, 0.15) is 11.5 Å². The first-order valence-electron chi connectivity index (χ1n) is 7.56. The smallest absolute Gasteiger partial charge is 0.269 e. The normalized spacial score (nSPS) is 19.5. The number of hydrazine groups is 1. The highest BCUT2D eigenvalue weighted by atomic mass is 16.3. The molecule has 2 atom stereocenters. The first kappa shape index (κ1) is 15.1. The summed E-state index contributed by atoms with van der Waals surface area (Å²) in [6, 6.07) is 12.5. The van der Waals surface area contributed by atoms with E-state index in [1.54, 1.807) is 30.3 Å². The predicted molar refractivity (Wildman–Crippen MR) is 86.3 cm³/mol. The number of benzene rings is 1. The monoisotopic (exact) mass is 310 g/mol. The molecule has 1 aromatic heterocycles. The molecule has 0 spiro atoms. The van der Waals surface area contributed by atoms with Gasteiger partial charge in [-0.2, -0.15) is 0 Å². The van der Waals surface area contributed by atoms with E-state index in [-0.39, 0.29) is 5.91 Å². The van der Waals surface area contributed by atoms with Crippen LogP contribution in [-0.2, 0) is 4.79 Å². The van der Waals surface area contributed by atoms with Crippen molar-refractivity contribution in [2.24, 2.45) is 5.92 Å². The molecule has 2 amide bonds. The molecule has 0 aliphatic heterocycles. The molecule has 0 saturated heterocycles. The van der Waals surface area contributed by atoms with E-state index in [0.29, 0.717) is 23.2 Å². The minimum absolute atomic E-state index is 0.365. The maximum atomic E-state index is 11.8. The Bertz CT molecular complexity index is 734. The molecule has 0 bridgehead atoms. The van der Waals surface area contributed by atoms with E-state index in [1.807, 2.05) is 18.2 Å². The van der Waals surface area contributed by atoms with E-state index in [4.69, 9.17) is 4.42 Å². The van der Waals surface area contributed by atoms with Gasteiger partial charge in [0.15, 0.2) is 0 Å². The van der Waals surface area contributed by atoms with Gasteiger partial charge in [-0.05, 0) is 42.7 Å². The van der Waals surface area contributed by atoms with E-state index in [9.17, 15) is 9.59 Å². The topological polar surface area (TPSA) is 71.3 Å². The van der Waals surface area contributed by atoms with E-state index in [0.717, 1.165) is 12.2 Å². The van der Waals surface area contributed by atoms with Crippen molar-refractivity contribution in [2.45, 2.75) is 19.3 Å². The Balaban J connectivity index is 1.49. The van der Waals surface area contributed by atoms with Gasteiger partial charge in [0, 0.05) is 17.6 Å². The molecule has 0 radical (unpaired) electrons. The SMILES string of the molecule is CC1CC1c1ccc(/C=C/C(=O)NNC(=O)c2ccccc2)o1. The fraction of sp³-hybridized carbons (Fsp3) is 0.222. The van der Waals surface area contributed by atoms with Gasteiger partial charge in [0.05, 0.1) is 0 Å². The van der Waals surface area contributed by atoms with Crippen LogP contribution < -0.4 is 10.9 Å². The number of nitrogens with one attached hydrogen (secondary N) is 2. The zero-order chi connectivity index (χ0) is 16.2. The highest BCUT2D eigenvalue weighted by Crippen LogP contribution is 2.47. The number of rotatable bonds is 4. The highest BCUT2D eigenvalue weighted by molar-refractivity contribution is 5.97. The Labute approximate surface area is 134 Å². The second kappa shape index (κ2) is 6.52. The van der Waals surface area contributed by atoms with E-state index in [2.05, 4.69) is 17.8 Å². The Morgan fingerprint density at radius 1 is 1.13 bits per heavy atom. The second-order valence-electron chi connectivity index (χ2n) is 5.70. The van der Waals surface area contributed by atoms with Gasteiger partial charge in [-0.3, -0.25) is 20.4 Å². The quantitative estimate of drug-likeness (QED) is 0.674. The standard InChI is InChI=1S/C18H18N2O3/c1-12-11-15(12)16-9-7-14(23-16)8-10-17(21)19-20-18(22)13-5-3-2-4-6-13/h2-10,12,15H,11H2,1H3,(H,19,21)(H,20,22)/b10-8+. The van der Waals surface area contributed by atoms with Crippen molar-refractivity contribution in [1.82, 2.24) is 10.9 Å². The molecule has 1 aliphatic carbocycles. The Morgan fingerprint density at radius 3 is 2.57 bits per heavy atom. The summed E-state index contributed by atoms with van der Waals surface area (Å²) in [6.45, 7) is 2.19. The van der Waals surface area contributed by atoms with Gasteiger partial charge in [0.25, 0.3) is 11.8 Å². The minimum atomic E-state index is -0.424. The van der Waals surface area contributed by atoms with E-state index in [1.165, 1.54) is 6.08 Å². The summed E-state index contributed by atoms with van der Waals surface area (Å²) in [4.78, 5) is 23.5. The van der Waals surface area contributed by atoms with Crippen LogP contribution >= 0.6 is 0 Å². The summed E-state index contributed by atoms with van der Waals surface area (Å²) in [6.07, 6.45) is 4.06.